The van der Waals surface area contributed by atoms with E-state index >= 15 is 0 Å². The SMILES string of the molecule is C=CCO[C@@H]1O[C@H](CO[C@@H]2O[C@H](CO)[C@@H](O)[C@H](O)[C@@H]2O[C@@H]2O[C@H](CO)[C@@H](O)[C@H](O)[C@H]2NC(C)=O)[C@@H](O)[C@H](O)[C@H]1O. The monoisotopic (exact) mass is 585 g/mol. The van der Waals surface area contributed by atoms with Crippen molar-refractivity contribution in [2.75, 3.05) is 26.4 Å². The molecule has 0 aromatic heterocycles. The van der Waals surface area contributed by atoms with Crippen molar-refractivity contribution in [3.05, 3.63) is 12.7 Å². The molecule has 0 aromatic carbocycles. The molecule has 0 spiro atoms. The van der Waals surface area contributed by atoms with Crippen molar-refractivity contribution in [1.82, 2.24) is 5.32 Å². The molecule has 0 unspecified atom stereocenters. The van der Waals surface area contributed by atoms with Crippen LogP contribution in [0.1, 0.15) is 6.92 Å². The molecule has 3 heterocycles. The van der Waals surface area contributed by atoms with E-state index in [0.717, 1.165) is 6.92 Å². The molecule has 0 saturated carbocycles. The van der Waals surface area contributed by atoms with E-state index in [0.29, 0.717) is 0 Å². The highest BCUT2D eigenvalue weighted by atomic mass is 16.8. The maximum atomic E-state index is 11.7. The van der Waals surface area contributed by atoms with Crippen molar-refractivity contribution in [2.45, 2.75) is 99.0 Å². The Morgan fingerprint density at radius 3 is 1.88 bits per heavy atom. The van der Waals surface area contributed by atoms with Gasteiger partial charge in [-0.05, 0) is 0 Å². The van der Waals surface area contributed by atoms with E-state index in [2.05, 4.69) is 11.9 Å². The predicted octanol–water partition coefficient (Wildman–Crippen LogP) is -6.22. The maximum Gasteiger partial charge on any atom is 0.217 e. The summed E-state index contributed by atoms with van der Waals surface area (Å²) in [6.07, 6.45) is -20.6. The van der Waals surface area contributed by atoms with Gasteiger partial charge in [0, 0.05) is 6.92 Å². The fourth-order valence-corrected chi connectivity index (χ4v) is 4.62. The van der Waals surface area contributed by atoms with Crippen molar-refractivity contribution in [3.8, 4) is 0 Å². The normalized spacial score (nSPS) is 46.1. The van der Waals surface area contributed by atoms with Crippen molar-refractivity contribution in [2.24, 2.45) is 0 Å². The van der Waals surface area contributed by atoms with E-state index in [9.17, 15) is 50.8 Å². The van der Waals surface area contributed by atoms with Crippen LogP contribution in [0.2, 0.25) is 0 Å². The van der Waals surface area contributed by atoms with Gasteiger partial charge in [0.2, 0.25) is 5.91 Å². The van der Waals surface area contributed by atoms with Gasteiger partial charge >= 0.3 is 0 Å². The van der Waals surface area contributed by atoms with Crippen molar-refractivity contribution < 1.29 is 79.2 Å². The van der Waals surface area contributed by atoms with Gasteiger partial charge in [0.15, 0.2) is 18.9 Å². The lowest BCUT2D eigenvalue weighted by Crippen LogP contribution is -2.67. The van der Waals surface area contributed by atoms with E-state index in [1.54, 1.807) is 0 Å². The topological polar surface area (TPSA) is 267 Å². The molecular formula is C23H39NO16. The van der Waals surface area contributed by atoms with Crippen LogP contribution in [0.25, 0.3) is 0 Å². The highest BCUT2D eigenvalue weighted by Crippen LogP contribution is 2.31. The summed E-state index contributed by atoms with van der Waals surface area (Å²) in [4.78, 5) is 11.7. The minimum atomic E-state index is -1.80. The fraction of sp³-hybridized carbons (Fsp3) is 0.870. The Morgan fingerprint density at radius 1 is 0.750 bits per heavy atom. The summed E-state index contributed by atoms with van der Waals surface area (Å²) in [5, 5.41) is 94.3. The Kier molecular flexibility index (Phi) is 12.1. The van der Waals surface area contributed by atoms with Crippen LogP contribution in [-0.4, -0.2) is 170 Å². The molecule has 17 nitrogen and oxygen atoms in total. The zero-order valence-electron chi connectivity index (χ0n) is 21.7. The van der Waals surface area contributed by atoms with Gasteiger partial charge in [-0.15, -0.1) is 6.58 Å². The van der Waals surface area contributed by atoms with Crippen molar-refractivity contribution >= 4 is 5.91 Å². The lowest BCUT2D eigenvalue weighted by molar-refractivity contribution is -0.363. The van der Waals surface area contributed by atoms with E-state index in [4.69, 9.17) is 28.4 Å². The largest absolute Gasteiger partial charge is 0.394 e. The molecule has 3 saturated heterocycles. The Hall–Kier alpha value is -1.39. The second-order valence-corrected chi connectivity index (χ2v) is 9.71. The van der Waals surface area contributed by atoms with E-state index in [1.807, 2.05) is 0 Å². The van der Waals surface area contributed by atoms with Crippen LogP contribution in [0.4, 0.5) is 0 Å². The number of nitrogens with one attached hydrogen (secondary N) is 1. The van der Waals surface area contributed by atoms with Crippen LogP contribution in [0, 0.1) is 0 Å². The average Bonchev–Trinajstić information content (AvgIpc) is 2.93. The Morgan fingerprint density at radius 2 is 1.30 bits per heavy atom. The molecule has 40 heavy (non-hydrogen) atoms. The Bertz CT molecular complexity index is 822. The highest BCUT2D eigenvalue weighted by molar-refractivity contribution is 5.73. The molecule has 15 atom stereocenters. The van der Waals surface area contributed by atoms with E-state index < -0.39 is 118 Å². The summed E-state index contributed by atoms with van der Waals surface area (Å²) < 4.78 is 33.3. The number of hydrogen-bond donors (Lipinski definition) is 10. The first-order valence-electron chi connectivity index (χ1n) is 12.7. The molecule has 0 aliphatic carbocycles. The third-order valence-corrected chi connectivity index (χ3v) is 6.84. The van der Waals surface area contributed by atoms with Crippen LogP contribution >= 0.6 is 0 Å². The summed E-state index contributed by atoms with van der Waals surface area (Å²) in [5.41, 5.74) is 0. The molecule has 0 bridgehead atoms. The lowest BCUT2D eigenvalue weighted by Gasteiger charge is -2.47. The van der Waals surface area contributed by atoms with E-state index in [-0.39, 0.29) is 6.61 Å². The molecule has 3 rings (SSSR count). The molecule has 10 N–H and O–H groups in total. The number of carbonyl (C=O) groups is 1. The van der Waals surface area contributed by atoms with Crippen LogP contribution < -0.4 is 5.32 Å². The maximum absolute atomic E-state index is 11.7. The van der Waals surface area contributed by atoms with E-state index in [1.165, 1.54) is 6.08 Å². The van der Waals surface area contributed by atoms with Gasteiger partial charge in [-0.2, -0.15) is 0 Å². The Balaban J connectivity index is 1.80. The first kappa shape index (κ1) is 33.1. The quantitative estimate of drug-likeness (QED) is 0.101. The summed E-state index contributed by atoms with van der Waals surface area (Å²) in [7, 11) is 0. The number of hydrogen-bond acceptors (Lipinski definition) is 16. The smallest absolute Gasteiger partial charge is 0.217 e. The van der Waals surface area contributed by atoms with Gasteiger partial charge in [-0.1, -0.05) is 6.08 Å². The predicted molar refractivity (Wildman–Crippen MR) is 127 cm³/mol. The van der Waals surface area contributed by atoms with Gasteiger partial charge in [0.05, 0.1) is 26.4 Å². The fourth-order valence-electron chi connectivity index (χ4n) is 4.62. The first-order valence-corrected chi connectivity index (χ1v) is 12.7. The molecule has 3 fully saturated rings. The van der Waals surface area contributed by atoms with Crippen LogP contribution in [-0.2, 0) is 33.2 Å². The molecule has 232 valence electrons. The zero-order chi connectivity index (χ0) is 29.7. The number of ether oxygens (including phenoxy) is 6. The molecular weight excluding hydrogens is 546 g/mol. The summed E-state index contributed by atoms with van der Waals surface area (Å²) >= 11 is 0. The van der Waals surface area contributed by atoms with Gasteiger partial charge in [0.1, 0.15) is 73.2 Å². The molecule has 1 amide bonds. The molecule has 17 heteroatoms. The number of aliphatic hydroxyl groups is 9. The number of aliphatic hydroxyl groups excluding tert-OH is 9. The second kappa shape index (κ2) is 14.7. The van der Waals surface area contributed by atoms with Crippen molar-refractivity contribution in [1.29, 1.82) is 0 Å². The zero-order valence-corrected chi connectivity index (χ0v) is 21.7. The highest BCUT2D eigenvalue weighted by Gasteiger charge is 2.52. The number of amides is 1. The minimum Gasteiger partial charge on any atom is -0.394 e. The lowest BCUT2D eigenvalue weighted by atomic mass is 9.95. The molecule has 0 radical (unpaired) electrons. The average molecular weight is 586 g/mol. The molecule has 3 aliphatic rings. The summed E-state index contributed by atoms with van der Waals surface area (Å²) in [6.45, 7) is 2.51. The standard InChI is InChI=1S/C23H39NO16/c1-3-4-35-22-19(34)17(32)15(30)11(39-22)7-36-23-20(18(33)14(29)10(6-26)38-23)40-21-12(24-8(2)27)16(31)13(28)9(5-25)37-21/h3,9-23,25-26,28-34H,1,4-7H2,2H3,(H,24,27)/t9-,10-,11-,12-,13-,14-,15-,16-,17+,18+,19-,20+,21+,22-,23-/m1/s1. The van der Waals surface area contributed by atoms with Gasteiger partial charge in [0.25, 0.3) is 0 Å². The van der Waals surface area contributed by atoms with Gasteiger partial charge < -0.3 is 79.7 Å². The van der Waals surface area contributed by atoms with Gasteiger partial charge in [-0.25, -0.2) is 0 Å². The van der Waals surface area contributed by atoms with Crippen molar-refractivity contribution in [3.63, 3.8) is 0 Å². The Labute approximate surface area is 229 Å². The number of rotatable bonds is 11. The van der Waals surface area contributed by atoms with Crippen LogP contribution in [0.5, 0.6) is 0 Å². The molecule has 0 aromatic rings. The molecule has 3 aliphatic heterocycles. The minimum absolute atomic E-state index is 0.0474. The van der Waals surface area contributed by atoms with Gasteiger partial charge in [-0.3, -0.25) is 4.79 Å². The summed E-state index contributed by atoms with van der Waals surface area (Å²) in [6, 6.07) is -1.40. The third-order valence-electron chi connectivity index (χ3n) is 6.84. The van der Waals surface area contributed by atoms with Crippen LogP contribution in [0.3, 0.4) is 0 Å². The van der Waals surface area contributed by atoms with Crippen LogP contribution in [0.15, 0.2) is 12.7 Å². The number of carbonyl (C=O) groups excluding carboxylic acids is 1. The first-order chi connectivity index (χ1) is 18.9. The summed E-state index contributed by atoms with van der Waals surface area (Å²) in [5.74, 6) is -0.637. The third kappa shape index (κ3) is 7.33. The second-order valence-electron chi connectivity index (χ2n) is 9.71.